The zero-order chi connectivity index (χ0) is 24.3. The largest absolute Gasteiger partial charge is 0.497 e. The topological polar surface area (TPSA) is 126 Å². The number of thiocarbonyl (C=S) groups is 1. The van der Waals surface area contributed by atoms with Gasteiger partial charge in [-0.3, -0.25) is 10.2 Å². The van der Waals surface area contributed by atoms with Crippen LogP contribution in [0.25, 0.3) is 0 Å². The summed E-state index contributed by atoms with van der Waals surface area (Å²) in [4.78, 5) is 14.8. The molecule has 1 heterocycles. The number of benzene rings is 3. The van der Waals surface area contributed by atoms with Gasteiger partial charge in [0.15, 0.2) is 10.8 Å². The van der Waals surface area contributed by atoms with Crippen molar-refractivity contribution >= 4 is 50.3 Å². The molecule has 0 radical (unpaired) electrons. The molecule has 0 spiro atoms. The van der Waals surface area contributed by atoms with Gasteiger partial charge >= 0.3 is 0 Å². The predicted octanol–water partition coefficient (Wildman–Crippen LogP) is 2.58. The van der Waals surface area contributed by atoms with E-state index in [0.717, 1.165) is 5.56 Å². The smallest absolute Gasteiger partial charge is 0.279 e. The maximum absolute atomic E-state index is 13.3. The van der Waals surface area contributed by atoms with E-state index in [2.05, 4.69) is 15.8 Å². The molecule has 0 fully saturated rings. The molecular weight excluding hydrogens is 474 g/mol. The lowest BCUT2D eigenvalue weighted by molar-refractivity contribution is -0.112. The molecule has 4 N–H and O–H groups in total. The monoisotopic (exact) mass is 495 g/mol. The molecule has 4 rings (SSSR count). The number of primary sulfonamides is 1. The number of hydrogen-bond acceptors (Lipinski definition) is 6. The zero-order valence-electron chi connectivity index (χ0n) is 18.1. The molecule has 1 aliphatic heterocycles. The van der Waals surface area contributed by atoms with E-state index >= 15 is 0 Å². The predicted molar refractivity (Wildman–Crippen MR) is 134 cm³/mol. The van der Waals surface area contributed by atoms with Gasteiger partial charge in [-0.1, -0.05) is 42.5 Å². The number of methoxy groups -OCH3 is 1. The van der Waals surface area contributed by atoms with E-state index in [1.807, 2.05) is 30.3 Å². The summed E-state index contributed by atoms with van der Waals surface area (Å²) in [5.41, 5.74) is 5.20. The normalized spacial score (nSPS) is 14.1. The second kappa shape index (κ2) is 9.59. The van der Waals surface area contributed by atoms with E-state index in [1.54, 1.807) is 35.2 Å². The second-order valence-corrected chi connectivity index (χ2v) is 9.27. The zero-order valence-corrected chi connectivity index (χ0v) is 19.7. The molecule has 1 aliphatic rings. The fraction of sp³-hybridized carbons (Fsp3) is 0.0870. The fourth-order valence-corrected chi connectivity index (χ4v) is 4.38. The average Bonchev–Trinajstić information content (AvgIpc) is 3.08. The summed E-state index contributed by atoms with van der Waals surface area (Å²) in [6.45, 7) is 0.364. The third kappa shape index (κ3) is 4.91. The number of para-hydroxylation sites is 1. The molecule has 0 saturated carbocycles. The van der Waals surface area contributed by atoms with Gasteiger partial charge < -0.3 is 15.0 Å². The van der Waals surface area contributed by atoms with Crippen molar-refractivity contribution in [2.75, 3.05) is 17.3 Å². The van der Waals surface area contributed by atoms with Crippen LogP contribution in [0.2, 0.25) is 0 Å². The molecule has 0 aliphatic carbocycles. The molecule has 0 bridgehead atoms. The quantitative estimate of drug-likeness (QED) is 0.354. The Labute approximate surface area is 202 Å². The number of nitrogens with one attached hydrogen (secondary N) is 2. The van der Waals surface area contributed by atoms with Gasteiger partial charge in [0.05, 0.1) is 25.0 Å². The second-order valence-electron chi connectivity index (χ2n) is 7.33. The fourth-order valence-electron chi connectivity index (χ4n) is 3.53. The van der Waals surface area contributed by atoms with Crippen LogP contribution in [0, 0.1) is 0 Å². The Morgan fingerprint density at radius 3 is 2.50 bits per heavy atom. The Hall–Kier alpha value is -3.80. The Bertz CT molecular complexity index is 1390. The lowest BCUT2D eigenvalue weighted by Crippen LogP contribution is -2.32. The first-order chi connectivity index (χ1) is 16.3. The maximum Gasteiger partial charge on any atom is 0.279 e. The Morgan fingerprint density at radius 1 is 1.09 bits per heavy atom. The van der Waals surface area contributed by atoms with Gasteiger partial charge in [0, 0.05) is 5.56 Å². The summed E-state index contributed by atoms with van der Waals surface area (Å²) in [6.07, 6.45) is 0. The standard InChI is InChI=1S/C23H21N5O4S2/c1-32-16-11-12-19-17(13-16)21(22(29)28(19)14-15-7-3-2-4-8-15)26-27-23(33)25-18-9-5-6-10-20(18)34(24,30)31/h2-13H,14H2,1H3,(H2,24,30,31)(H2,25,27,33). The van der Waals surface area contributed by atoms with Crippen LogP contribution in [0.4, 0.5) is 11.4 Å². The molecule has 0 atom stereocenters. The van der Waals surface area contributed by atoms with Crippen molar-refractivity contribution in [2.45, 2.75) is 11.4 Å². The molecule has 0 aromatic heterocycles. The Balaban J connectivity index is 1.61. The number of sulfonamides is 1. The highest BCUT2D eigenvalue weighted by Gasteiger charge is 2.34. The van der Waals surface area contributed by atoms with Gasteiger partial charge in [0.2, 0.25) is 10.0 Å². The minimum absolute atomic E-state index is 0.0117. The minimum Gasteiger partial charge on any atom is -0.497 e. The van der Waals surface area contributed by atoms with Crippen LogP contribution in [0.3, 0.4) is 0 Å². The molecule has 3 aromatic rings. The molecule has 1 amide bonds. The summed E-state index contributed by atoms with van der Waals surface area (Å²) < 4.78 is 28.9. The third-order valence-corrected chi connectivity index (χ3v) is 6.25. The first-order valence-electron chi connectivity index (χ1n) is 10.1. The van der Waals surface area contributed by atoms with Crippen molar-refractivity contribution in [3.05, 3.63) is 83.9 Å². The van der Waals surface area contributed by atoms with Crippen LogP contribution < -0.4 is 25.5 Å². The van der Waals surface area contributed by atoms with Crippen LogP contribution in [0.5, 0.6) is 5.75 Å². The van der Waals surface area contributed by atoms with E-state index in [9.17, 15) is 13.2 Å². The van der Waals surface area contributed by atoms with Gasteiger partial charge in [-0.25, -0.2) is 13.6 Å². The maximum atomic E-state index is 13.3. The number of hydrogen-bond donors (Lipinski definition) is 3. The van der Waals surface area contributed by atoms with E-state index in [-0.39, 0.29) is 27.3 Å². The van der Waals surface area contributed by atoms with Crippen LogP contribution >= 0.6 is 12.2 Å². The van der Waals surface area contributed by atoms with E-state index in [4.69, 9.17) is 22.1 Å². The molecule has 9 nitrogen and oxygen atoms in total. The summed E-state index contributed by atoms with van der Waals surface area (Å²) in [5.74, 6) is 0.260. The lowest BCUT2D eigenvalue weighted by Gasteiger charge is -2.17. The molecule has 34 heavy (non-hydrogen) atoms. The van der Waals surface area contributed by atoms with Crippen molar-refractivity contribution < 1.29 is 17.9 Å². The first-order valence-corrected chi connectivity index (χ1v) is 12.0. The van der Waals surface area contributed by atoms with Crippen molar-refractivity contribution in [3.8, 4) is 5.75 Å². The summed E-state index contributed by atoms with van der Waals surface area (Å²) >= 11 is 5.26. The Morgan fingerprint density at radius 2 is 1.79 bits per heavy atom. The minimum atomic E-state index is -3.96. The van der Waals surface area contributed by atoms with Crippen LogP contribution in [-0.2, 0) is 21.4 Å². The third-order valence-electron chi connectivity index (χ3n) is 5.09. The van der Waals surface area contributed by atoms with E-state index < -0.39 is 10.0 Å². The number of fused-ring (bicyclic) bond motifs is 1. The summed E-state index contributed by atoms with van der Waals surface area (Å²) in [6, 6.07) is 21.0. The number of carbonyl (C=O) groups excluding carboxylic acids is 1. The van der Waals surface area contributed by atoms with Gasteiger partial charge in [-0.2, -0.15) is 5.10 Å². The molecule has 0 unspecified atom stereocenters. The first kappa shape index (κ1) is 23.4. The number of ether oxygens (including phenoxy) is 1. The van der Waals surface area contributed by atoms with Crippen molar-refractivity contribution in [2.24, 2.45) is 10.2 Å². The highest BCUT2D eigenvalue weighted by Crippen LogP contribution is 2.33. The average molecular weight is 496 g/mol. The van der Waals surface area contributed by atoms with E-state index in [0.29, 0.717) is 23.5 Å². The molecular formula is C23H21N5O4S2. The van der Waals surface area contributed by atoms with Gasteiger partial charge in [-0.15, -0.1) is 0 Å². The number of rotatable bonds is 6. The van der Waals surface area contributed by atoms with Gasteiger partial charge in [-0.05, 0) is 48.1 Å². The van der Waals surface area contributed by atoms with Crippen LogP contribution in [-0.4, -0.2) is 32.3 Å². The number of hydrazone groups is 1. The highest BCUT2D eigenvalue weighted by atomic mass is 32.2. The Kier molecular flexibility index (Phi) is 6.59. The van der Waals surface area contributed by atoms with Gasteiger partial charge in [0.25, 0.3) is 5.91 Å². The SMILES string of the molecule is COc1ccc2c(c1)C(=NNC(=S)Nc1ccccc1S(N)(=O)=O)C(=O)N2Cc1ccccc1. The van der Waals surface area contributed by atoms with Gasteiger partial charge in [0.1, 0.15) is 10.6 Å². The number of amides is 1. The van der Waals surface area contributed by atoms with E-state index in [1.165, 1.54) is 19.2 Å². The molecule has 0 saturated heterocycles. The lowest BCUT2D eigenvalue weighted by atomic mass is 10.1. The molecule has 3 aromatic carbocycles. The number of nitrogens with two attached hydrogens (primary N) is 1. The highest BCUT2D eigenvalue weighted by molar-refractivity contribution is 7.89. The van der Waals surface area contributed by atoms with Crippen LogP contribution in [0.15, 0.2) is 82.8 Å². The van der Waals surface area contributed by atoms with Crippen molar-refractivity contribution in [3.63, 3.8) is 0 Å². The van der Waals surface area contributed by atoms with Crippen molar-refractivity contribution in [1.82, 2.24) is 5.43 Å². The number of anilines is 2. The van der Waals surface area contributed by atoms with Crippen LogP contribution in [0.1, 0.15) is 11.1 Å². The molecule has 11 heteroatoms. The number of carbonyl (C=O) groups is 1. The molecule has 174 valence electrons. The summed E-state index contributed by atoms with van der Waals surface area (Å²) in [5, 5.41) is 12.2. The summed E-state index contributed by atoms with van der Waals surface area (Å²) in [7, 11) is -2.42. The number of nitrogens with zero attached hydrogens (tertiary/aromatic N) is 2. The van der Waals surface area contributed by atoms with Crippen molar-refractivity contribution in [1.29, 1.82) is 0 Å².